The lowest BCUT2D eigenvalue weighted by Crippen LogP contribution is -2.36. The smallest absolute Gasteiger partial charge is 0.209 e. The lowest BCUT2D eigenvalue weighted by molar-refractivity contribution is 0.0990. The zero-order valence-electron chi connectivity index (χ0n) is 12.9. The van der Waals surface area contributed by atoms with Gasteiger partial charge in [-0.15, -0.1) is 10.2 Å². The second kappa shape index (κ2) is 7.54. The summed E-state index contributed by atoms with van der Waals surface area (Å²) >= 11 is 2.61. The van der Waals surface area contributed by atoms with Crippen LogP contribution >= 0.6 is 23.1 Å². The number of halogens is 2. The van der Waals surface area contributed by atoms with Gasteiger partial charge in [0, 0.05) is 19.2 Å². The summed E-state index contributed by atoms with van der Waals surface area (Å²) in [5.41, 5.74) is -0.116. The summed E-state index contributed by atoms with van der Waals surface area (Å²) in [5.74, 6) is -1.96. The molecule has 24 heavy (non-hydrogen) atoms. The van der Waals surface area contributed by atoms with Gasteiger partial charge in [0.1, 0.15) is 11.6 Å². The van der Waals surface area contributed by atoms with E-state index in [2.05, 4.69) is 15.1 Å². The Morgan fingerprint density at radius 1 is 1.33 bits per heavy atom. The van der Waals surface area contributed by atoms with Crippen molar-refractivity contribution in [2.45, 2.75) is 16.5 Å². The molecule has 5 nitrogen and oxygen atoms in total. The quantitative estimate of drug-likeness (QED) is 0.595. The molecule has 1 atom stereocenters. The van der Waals surface area contributed by atoms with Crippen LogP contribution in [0.4, 0.5) is 13.9 Å². The lowest BCUT2D eigenvalue weighted by Gasteiger charge is -2.25. The number of carbonyl (C=O) groups is 1. The van der Waals surface area contributed by atoms with E-state index in [0.717, 1.165) is 24.3 Å². The first-order chi connectivity index (χ1) is 11.5. The fourth-order valence-corrected chi connectivity index (χ4v) is 4.35. The Morgan fingerprint density at radius 3 is 2.79 bits per heavy atom. The first-order valence-electron chi connectivity index (χ1n) is 7.36. The zero-order chi connectivity index (χ0) is 17.1. The molecule has 0 spiro atoms. The predicted molar refractivity (Wildman–Crippen MR) is 88.9 cm³/mol. The van der Waals surface area contributed by atoms with Crippen LogP contribution in [0.15, 0.2) is 22.5 Å². The number of hydrogen-bond acceptors (Lipinski definition) is 7. The molecule has 0 bridgehead atoms. The minimum atomic E-state index is -0.848. The Hall–Kier alpha value is -1.58. The molecule has 1 aromatic carbocycles. The first kappa shape index (κ1) is 17.2. The molecular weight excluding hydrogens is 356 g/mol. The van der Waals surface area contributed by atoms with Crippen molar-refractivity contribution in [3.05, 3.63) is 35.4 Å². The highest BCUT2D eigenvalue weighted by atomic mass is 32.2. The van der Waals surface area contributed by atoms with E-state index in [0.29, 0.717) is 23.6 Å². The summed E-state index contributed by atoms with van der Waals surface area (Å²) in [7, 11) is 0. The van der Waals surface area contributed by atoms with Gasteiger partial charge in [0.2, 0.25) is 5.13 Å². The Balaban J connectivity index is 1.67. The van der Waals surface area contributed by atoms with Gasteiger partial charge in [-0.3, -0.25) is 4.79 Å². The molecule has 0 radical (unpaired) electrons. The maximum absolute atomic E-state index is 13.7. The summed E-state index contributed by atoms with van der Waals surface area (Å²) < 4.78 is 32.6. The molecule has 2 aromatic rings. The van der Waals surface area contributed by atoms with Gasteiger partial charge >= 0.3 is 0 Å². The van der Waals surface area contributed by atoms with Crippen molar-refractivity contribution >= 4 is 34.0 Å². The number of Topliss-reactive ketones (excluding diaryl/α,β-unsaturated/α-hetero) is 1. The van der Waals surface area contributed by atoms with Crippen LogP contribution in [-0.4, -0.2) is 47.5 Å². The number of anilines is 1. The molecule has 0 N–H and O–H groups in total. The van der Waals surface area contributed by atoms with Crippen molar-refractivity contribution in [2.24, 2.45) is 0 Å². The van der Waals surface area contributed by atoms with E-state index in [1.54, 1.807) is 6.92 Å². The fraction of sp³-hybridized carbons (Fsp3) is 0.400. The van der Waals surface area contributed by atoms with E-state index in [9.17, 15) is 13.6 Å². The van der Waals surface area contributed by atoms with Gasteiger partial charge in [-0.1, -0.05) is 23.1 Å². The lowest BCUT2D eigenvalue weighted by atomic mass is 10.1. The molecule has 1 aliphatic rings. The third kappa shape index (κ3) is 3.90. The van der Waals surface area contributed by atoms with Crippen molar-refractivity contribution in [1.82, 2.24) is 10.2 Å². The number of hydrogen-bond donors (Lipinski definition) is 0. The van der Waals surface area contributed by atoms with Crippen LogP contribution < -0.4 is 4.90 Å². The second-order valence-electron chi connectivity index (χ2n) is 5.20. The largest absolute Gasteiger partial charge is 0.378 e. The number of carbonyl (C=O) groups excluding carboxylic acids is 1. The monoisotopic (exact) mass is 371 g/mol. The number of thioether (sulfide) groups is 1. The topological polar surface area (TPSA) is 55.3 Å². The summed E-state index contributed by atoms with van der Waals surface area (Å²) in [6.07, 6.45) is 0. The van der Waals surface area contributed by atoms with E-state index in [1.807, 2.05) is 0 Å². The number of aromatic nitrogens is 2. The molecule has 1 aromatic heterocycles. The number of nitrogens with zero attached hydrogens (tertiary/aromatic N) is 3. The van der Waals surface area contributed by atoms with E-state index < -0.39 is 22.7 Å². The number of ketones is 1. The molecule has 0 saturated carbocycles. The van der Waals surface area contributed by atoms with Crippen LogP contribution in [0.25, 0.3) is 0 Å². The Kier molecular flexibility index (Phi) is 5.42. The third-order valence-electron chi connectivity index (χ3n) is 3.52. The highest BCUT2D eigenvalue weighted by Gasteiger charge is 2.23. The highest BCUT2D eigenvalue weighted by Crippen LogP contribution is 2.32. The maximum Gasteiger partial charge on any atom is 0.209 e. The first-order valence-corrected chi connectivity index (χ1v) is 9.06. The van der Waals surface area contributed by atoms with Crippen molar-refractivity contribution < 1.29 is 18.3 Å². The summed E-state index contributed by atoms with van der Waals surface area (Å²) in [4.78, 5) is 14.4. The Morgan fingerprint density at radius 2 is 2.08 bits per heavy atom. The normalized spacial score (nSPS) is 16.2. The average Bonchev–Trinajstić information content (AvgIpc) is 3.03. The number of morpholine rings is 1. The molecule has 1 saturated heterocycles. The van der Waals surface area contributed by atoms with Gasteiger partial charge in [-0.2, -0.15) is 0 Å². The Labute approximate surface area is 146 Å². The van der Waals surface area contributed by atoms with Crippen molar-refractivity contribution in [3.8, 4) is 0 Å². The minimum absolute atomic E-state index is 0.116. The minimum Gasteiger partial charge on any atom is -0.378 e. The van der Waals surface area contributed by atoms with Crippen LogP contribution in [0.5, 0.6) is 0 Å². The highest BCUT2D eigenvalue weighted by molar-refractivity contribution is 8.02. The third-order valence-corrected chi connectivity index (χ3v) is 5.69. The SMILES string of the molecule is CC(Sc1nnc(N2CCOCC2)s1)C(=O)c1ccc(F)cc1F. The molecule has 9 heteroatoms. The predicted octanol–water partition coefficient (Wildman–Crippen LogP) is 3.02. The number of benzene rings is 1. The molecular formula is C15H15F2N3O2S2. The molecule has 2 heterocycles. The van der Waals surface area contributed by atoms with Crippen molar-refractivity contribution in [3.63, 3.8) is 0 Å². The molecule has 3 rings (SSSR count). The van der Waals surface area contributed by atoms with Gasteiger partial charge < -0.3 is 9.64 Å². The standard InChI is InChI=1S/C15H15F2N3O2S2/c1-9(13(21)11-3-2-10(16)8-12(11)17)23-15-19-18-14(24-15)20-4-6-22-7-5-20/h2-3,8-9H,4-7H2,1H3. The van der Waals surface area contributed by atoms with E-state index in [1.165, 1.54) is 29.2 Å². The molecule has 1 fully saturated rings. The maximum atomic E-state index is 13.7. The van der Waals surface area contributed by atoms with Gasteiger partial charge in [-0.25, -0.2) is 8.78 Å². The van der Waals surface area contributed by atoms with E-state index in [4.69, 9.17) is 4.74 Å². The fourth-order valence-electron chi connectivity index (χ4n) is 2.25. The van der Waals surface area contributed by atoms with Crippen LogP contribution in [0.3, 0.4) is 0 Å². The molecule has 0 amide bonds. The van der Waals surface area contributed by atoms with Gasteiger partial charge in [-0.05, 0) is 19.1 Å². The van der Waals surface area contributed by atoms with E-state index in [-0.39, 0.29) is 5.56 Å². The average molecular weight is 371 g/mol. The molecule has 128 valence electrons. The molecule has 1 unspecified atom stereocenters. The van der Waals surface area contributed by atoms with Crippen molar-refractivity contribution in [1.29, 1.82) is 0 Å². The summed E-state index contributed by atoms with van der Waals surface area (Å²) in [6.45, 7) is 4.50. The van der Waals surface area contributed by atoms with Crippen LogP contribution in [0, 0.1) is 11.6 Å². The zero-order valence-corrected chi connectivity index (χ0v) is 14.5. The van der Waals surface area contributed by atoms with Crippen LogP contribution in [0.2, 0.25) is 0 Å². The van der Waals surface area contributed by atoms with E-state index >= 15 is 0 Å². The van der Waals surface area contributed by atoms with Crippen LogP contribution in [0.1, 0.15) is 17.3 Å². The second-order valence-corrected chi connectivity index (χ2v) is 7.74. The van der Waals surface area contributed by atoms with Gasteiger partial charge in [0.25, 0.3) is 0 Å². The number of rotatable bonds is 5. The van der Waals surface area contributed by atoms with Crippen LogP contribution in [-0.2, 0) is 4.74 Å². The molecule has 1 aliphatic heterocycles. The summed E-state index contributed by atoms with van der Waals surface area (Å²) in [5, 5.41) is 8.46. The Bertz CT molecular complexity index is 735. The summed E-state index contributed by atoms with van der Waals surface area (Å²) in [6, 6.07) is 2.96. The van der Waals surface area contributed by atoms with Gasteiger partial charge in [0.05, 0.1) is 24.0 Å². The number of ether oxygens (including phenoxy) is 1. The molecule has 0 aliphatic carbocycles. The van der Waals surface area contributed by atoms with Crippen molar-refractivity contribution in [2.75, 3.05) is 31.2 Å². The van der Waals surface area contributed by atoms with Gasteiger partial charge in [0.15, 0.2) is 10.1 Å².